The number of carboxylic acids is 1. The summed E-state index contributed by atoms with van der Waals surface area (Å²) < 4.78 is 9.64. The van der Waals surface area contributed by atoms with Crippen LogP contribution in [0.2, 0.25) is 0 Å². The molecule has 5 nitrogen and oxygen atoms in total. The summed E-state index contributed by atoms with van der Waals surface area (Å²) >= 11 is 1.12. The lowest BCUT2D eigenvalue weighted by atomic mass is 10.1. The van der Waals surface area contributed by atoms with Crippen LogP contribution in [-0.2, 0) is 6.42 Å². The van der Waals surface area contributed by atoms with Crippen molar-refractivity contribution < 1.29 is 14.6 Å². The van der Waals surface area contributed by atoms with Crippen LogP contribution in [0.3, 0.4) is 0 Å². The van der Waals surface area contributed by atoms with Crippen molar-refractivity contribution in [3.05, 3.63) is 35.2 Å². The van der Waals surface area contributed by atoms with E-state index in [-0.39, 0.29) is 5.56 Å². The van der Waals surface area contributed by atoms with Gasteiger partial charge in [-0.2, -0.15) is 9.36 Å². The fraction of sp³-hybridized carbons (Fsp3) is 0.250. The molecule has 0 amide bonds. The van der Waals surface area contributed by atoms with Crippen molar-refractivity contribution in [3.8, 4) is 10.9 Å². The Kier molecular flexibility index (Phi) is 3.57. The molecule has 2 rings (SSSR count). The highest BCUT2D eigenvalue weighted by molar-refractivity contribution is 7.07. The first kappa shape index (κ1) is 12.5. The Morgan fingerprint density at radius 3 is 2.89 bits per heavy atom. The molecule has 1 heterocycles. The van der Waals surface area contributed by atoms with E-state index in [0.717, 1.165) is 23.5 Å². The van der Waals surface area contributed by atoms with Crippen LogP contribution in [0.1, 0.15) is 28.7 Å². The van der Waals surface area contributed by atoms with Crippen LogP contribution in [0.15, 0.2) is 18.2 Å². The second-order valence-corrected chi connectivity index (χ2v) is 4.40. The molecule has 0 atom stereocenters. The standard InChI is InChI=1S/C12H12N2O3S/c1-3-9-13-12(18-14-9)17-10-7(2)5-4-6-8(10)11(15)16/h4-6H,3H2,1-2H3,(H,15,16). The normalized spacial score (nSPS) is 10.3. The van der Waals surface area contributed by atoms with E-state index in [2.05, 4.69) is 9.36 Å². The van der Waals surface area contributed by atoms with Gasteiger partial charge < -0.3 is 9.84 Å². The zero-order valence-corrected chi connectivity index (χ0v) is 10.8. The Labute approximate surface area is 108 Å². The first-order chi connectivity index (χ1) is 8.61. The topological polar surface area (TPSA) is 72.3 Å². The zero-order valence-electron chi connectivity index (χ0n) is 10.0. The Hall–Kier alpha value is -1.95. The van der Waals surface area contributed by atoms with Crippen molar-refractivity contribution in [2.45, 2.75) is 20.3 Å². The van der Waals surface area contributed by atoms with E-state index in [1.807, 2.05) is 6.92 Å². The van der Waals surface area contributed by atoms with E-state index < -0.39 is 5.97 Å². The molecule has 0 fully saturated rings. The molecule has 2 aromatic rings. The number of carbonyl (C=O) groups is 1. The summed E-state index contributed by atoms with van der Waals surface area (Å²) in [6.07, 6.45) is 0.722. The average Bonchev–Trinajstić information content (AvgIpc) is 2.79. The van der Waals surface area contributed by atoms with E-state index >= 15 is 0 Å². The summed E-state index contributed by atoms with van der Waals surface area (Å²) in [5, 5.41) is 9.47. The van der Waals surface area contributed by atoms with Gasteiger partial charge in [0.05, 0.1) is 0 Å². The summed E-state index contributed by atoms with van der Waals surface area (Å²) in [7, 11) is 0. The maximum absolute atomic E-state index is 11.1. The quantitative estimate of drug-likeness (QED) is 0.919. The van der Waals surface area contributed by atoms with Crippen LogP contribution in [-0.4, -0.2) is 20.4 Å². The fourth-order valence-electron chi connectivity index (χ4n) is 1.47. The molecule has 6 heteroatoms. The first-order valence-electron chi connectivity index (χ1n) is 5.45. The highest BCUT2D eigenvalue weighted by Gasteiger charge is 2.15. The molecule has 0 spiro atoms. The molecular formula is C12H12N2O3S. The molecule has 0 saturated carbocycles. The number of benzene rings is 1. The number of carboxylic acid groups (broad SMARTS) is 1. The number of nitrogens with zero attached hydrogens (tertiary/aromatic N) is 2. The highest BCUT2D eigenvalue weighted by Crippen LogP contribution is 2.30. The number of aromatic carboxylic acids is 1. The van der Waals surface area contributed by atoms with Crippen LogP contribution in [0, 0.1) is 6.92 Å². The second kappa shape index (κ2) is 5.14. The third-order valence-electron chi connectivity index (χ3n) is 2.40. The summed E-state index contributed by atoms with van der Waals surface area (Å²) in [5.74, 6) is -0.00167. The van der Waals surface area contributed by atoms with Crippen LogP contribution in [0.4, 0.5) is 0 Å². The third kappa shape index (κ3) is 2.48. The number of aryl methyl sites for hydroxylation is 2. The minimum absolute atomic E-state index is 0.128. The Bertz CT molecular complexity index is 580. The van der Waals surface area contributed by atoms with Crippen molar-refractivity contribution in [3.63, 3.8) is 0 Å². The molecule has 18 heavy (non-hydrogen) atoms. The third-order valence-corrected chi connectivity index (χ3v) is 3.03. The summed E-state index contributed by atoms with van der Waals surface area (Å²) in [6, 6.07) is 4.99. The number of aromatic nitrogens is 2. The molecule has 0 radical (unpaired) electrons. The Morgan fingerprint density at radius 2 is 2.28 bits per heavy atom. The molecule has 0 bridgehead atoms. The lowest BCUT2D eigenvalue weighted by molar-refractivity contribution is 0.0694. The van der Waals surface area contributed by atoms with Crippen molar-refractivity contribution >= 4 is 17.5 Å². The Balaban J connectivity index is 2.36. The van der Waals surface area contributed by atoms with Crippen molar-refractivity contribution in [2.75, 3.05) is 0 Å². The van der Waals surface area contributed by atoms with Gasteiger partial charge in [0.1, 0.15) is 17.1 Å². The van der Waals surface area contributed by atoms with Gasteiger partial charge in [-0.15, -0.1) is 0 Å². The Morgan fingerprint density at radius 1 is 1.50 bits per heavy atom. The van der Waals surface area contributed by atoms with Crippen LogP contribution in [0.5, 0.6) is 10.9 Å². The SMILES string of the molecule is CCc1nsc(Oc2c(C)cccc2C(=O)O)n1. The van der Waals surface area contributed by atoms with E-state index in [1.165, 1.54) is 6.07 Å². The van der Waals surface area contributed by atoms with Crippen molar-refractivity contribution in [2.24, 2.45) is 0 Å². The first-order valence-corrected chi connectivity index (χ1v) is 6.22. The molecule has 1 aromatic carbocycles. The largest absolute Gasteiger partial charge is 0.478 e. The molecular weight excluding hydrogens is 252 g/mol. The number of hydrogen-bond acceptors (Lipinski definition) is 5. The molecule has 94 valence electrons. The van der Waals surface area contributed by atoms with Gasteiger partial charge in [-0.3, -0.25) is 0 Å². The van der Waals surface area contributed by atoms with E-state index in [0.29, 0.717) is 16.8 Å². The lowest BCUT2D eigenvalue weighted by Crippen LogP contribution is -2.01. The van der Waals surface area contributed by atoms with Crippen LogP contribution < -0.4 is 4.74 Å². The molecule has 1 N–H and O–H groups in total. The van der Waals surface area contributed by atoms with Gasteiger partial charge in [-0.1, -0.05) is 19.1 Å². The van der Waals surface area contributed by atoms with Crippen LogP contribution >= 0.6 is 11.5 Å². The van der Waals surface area contributed by atoms with Gasteiger partial charge in [0, 0.05) is 18.0 Å². The predicted molar refractivity (Wildman–Crippen MR) is 67.5 cm³/mol. The van der Waals surface area contributed by atoms with Gasteiger partial charge in [-0.25, -0.2) is 4.79 Å². The maximum Gasteiger partial charge on any atom is 0.339 e. The van der Waals surface area contributed by atoms with Crippen molar-refractivity contribution in [1.29, 1.82) is 0 Å². The van der Waals surface area contributed by atoms with Gasteiger partial charge in [0.2, 0.25) is 0 Å². The van der Waals surface area contributed by atoms with Gasteiger partial charge in [0.25, 0.3) is 5.19 Å². The molecule has 0 aliphatic carbocycles. The van der Waals surface area contributed by atoms with Gasteiger partial charge >= 0.3 is 5.97 Å². The minimum Gasteiger partial charge on any atom is -0.478 e. The molecule has 0 unspecified atom stereocenters. The average molecular weight is 264 g/mol. The van der Waals surface area contributed by atoms with E-state index in [1.54, 1.807) is 19.1 Å². The molecule has 0 saturated heterocycles. The van der Waals surface area contributed by atoms with Gasteiger partial charge in [-0.05, 0) is 18.6 Å². The maximum atomic E-state index is 11.1. The summed E-state index contributed by atoms with van der Waals surface area (Å²) in [5.41, 5.74) is 0.881. The lowest BCUT2D eigenvalue weighted by Gasteiger charge is -2.08. The van der Waals surface area contributed by atoms with E-state index in [4.69, 9.17) is 9.84 Å². The molecule has 0 aliphatic heterocycles. The fourth-order valence-corrected chi connectivity index (χ4v) is 2.09. The van der Waals surface area contributed by atoms with Gasteiger partial charge in [0.15, 0.2) is 0 Å². The van der Waals surface area contributed by atoms with Crippen LogP contribution in [0.25, 0.3) is 0 Å². The van der Waals surface area contributed by atoms with Crippen molar-refractivity contribution in [1.82, 2.24) is 9.36 Å². The predicted octanol–water partition coefficient (Wildman–Crippen LogP) is 2.90. The smallest absolute Gasteiger partial charge is 0.339 e. The number of hydrogen-bond donors (Lipinski definition) is 1. The molecule has 1 aromatic heterocycles. The monoisotopic (exact) mass is 264 g/mol. The second-order valence-electron chi connectivity index (χ2n) is 3.69. The summed E-state index contributed by atoms with van der Waals surface area (Å²) in [6.45, 7) is 3.74. The number of rotatable bonds is 4. The minimum atomic E-state index is -1.02. The molecule has 0 aliphatic rings. The number of para-hydroxylation sites is 1. The van der Waals surface area contributed by atoms with E-state index in [9.17, 15) is 4.79 Å². The zero-order chi connectivity index (χ0) is 13.1. The summed E-state index contributed by atoms with van der Waals surface area (Å²) in [4.78, 5) is 15.3. The highest BCUT2D eigenvalue weighted by atomic mass is 32.1. The number of ether oxygens (including phenoxy) is 1.